The van der Waals surface area contributed by atoms with Gasteiger partial charge in [-0.25, -0.2) is 4.79 Å². The fourth-order valence-electron chi connectivity index (χ4n) is 3.49. The van der Waals surface area contributed by atoms with Crippen LogP contribution in [-0.4, -0.2) is 97.5 Å². The second kappa shape index (κ2) is 16.7. The molecule has 0 fully saturated rings. The number of nitrogens with zero attached hydrogens (tertiary/aromatic N) is 2. The van der Waals surface area contributed by atoms with Crippen LogP contribution in [0, 0.1) is 10.8 Å². The molecule has 38 heavy (non-hydrogen) atoms. The summed E-state index contributed by atoms with van der Waals surface area (Å²) in [5.41, 5.74) is -0.740. The third-order valence-corrected chi connectivity index (χ3v) is 6.34. The number of urea groups is 1. The van der Waals surface area contributed by atoms with Crippen LogP contribution in [0.5, 0.6) is 0 Å². The molecule has 0 aromatic carbocycles. The molecule has 220 valence electrons. The number of hydrogen-bond acceptors (Lipinski definition) is 8. The Kier molecular flexibility index (Phi) is 15.8. The Hall–Kier alpha value is -2.18. The average Bonchev–Trinajstić information content (AvgIpc) is 2.79. The minimum Gasteiger partial charge on any atom is -0.346 e. The molecular weight excluding hydrogens is 508 g/mol. The topological polar surface area (TPSA) is 140 Å². The second-order valence-electron chi connectivity index (χ2n) is 11.9. The van der Waals surface area contributed by atoms with Gasteiger partial charge in [-0.05, 0) is 37.6 Å². The number of likely N-dealkylation sites (N-methyl/N-ethyl adjacent to an activating group) is 2. The lowest BCUT2D eigenvalue weighted by atomic mass is 9.85. The number of carbonyl (C=O) groups is 5. The molecule has 4 amide bonds. The maximum atomic E-state index is 13.3. The van der Waals surface area contributed by atoms with Crippen LogP contribution in [0.3, 0.4) is 0 Å². The molecule has 0 aliphatic rings. The Balaban J connectivity index is 4.96. The zero-order chi connectivity index (χ0) is 29.7. The molecule has 3 unspecified atom stereocenters. The fourth-order valence-corrected chi connectivity index (χ4v) is 3.59. The van der Waals surface area contributed by atoms with Crippen LogP contribution in [0.1, 0.15) is 67.7 Å². The van der Waals surface area contributed by atoms with E-state index >= 15 is 0 Å². The number of thiol groups is 1. The van der Waals surface area contributed by atoms with Gasteiger partial charge in [0.1, 0.15) is 6.04 Å². The van der Waals surface area contributed by atoms with Crippen molar-refractivity contribution >= 4 is 42.7 Å². The van der Waals surface area contributed by atoms with Crippen LogP contribution < -0.4 is 21.3 Å². The highest BCUT2D eigenvalue weighted by Gasteiger charge is 2.35. The Morgan fingerprint density at radius 2 is 1.50 bits per heavy atom. The van der Waals surface area contributed by atoms with Crippen molar-refractivity contribution in [1.82, 2.24) is 30.5 Å². The highest BCUT2D eigenvalue weighted by atomic mass is 32.1. The van der Waals surface area contributed by atoms with Crippen molar-refractivity contribution in [3.8, 4) is 0 Å². The van der Waals surface area contributed by atoms with E-state index in [0.717, 1.165) is 13.1 Å². The quantitative estimate of drug-likeness (QED) is 0.0835. The molecule has 0 aromatic rings. The molecule has 0 rings (SSSR count). The summed E-state index contributed by atoms with van der Waals surface area (Å²) in [6.45, 7) is 15.7. The van der Waals surface area contributed by atoms with Gasteiger partial charge in [-0.3, -0.25) is 23.5 Å². The maximum Gasteiger partial charge on any atom is 0.315 e. The number of carbonyl (C=O) groups excluding carboxylic acids is 5. The summed E-state index contributed by atoms with van der Waals surface area (Å²) >= 11 is 4.23. The first-order valence-corrected chi connectivity index (χ1v) is 13.5. The van der Waals surface area contributed by atoms with Crippen molar-refractivity contribution in [2.75, 3.05) is 40.3 Å². The molecule has 0 aromatic heterocycles. The van der Waals surface area contributed by atoms with E-state index < -0.39 is 29.3 Å². The monoisotopic (exact) mass is 558 g/mol. The third-order valence-electron chi connectivity index (χ3n) is 6.14. The van der Waals surface area contributed by atoms with Gasteiger partial charge in [0.25, 0.3) is 0 Å². The minimum absolute atomic E-state index is 0.170. The van der Waals surface area contributed by atoms with Gasteiger partial charge in [0.05, 0.1) is 6.04 Å². The van der Waals surface area contributed by atoms with Gasteiger partial charge < -0.3 is 26.2 Å². The number of Topliss-reactive ketones (excluding diaryl/α,β-unsaturated/α-hetero) is 1. The van der Waals surface area contributed by atoms with Gasteiger partial charge in [0.2, 0.25) is 17.6 Å². The zero-order valence-corrected chi connectivity index (χ0v) is 25.5. The third kappa shape index (κ3) is 14.7. The minimum atomic E-state index is -0.850. The molecule has 0 spiro atoms. The Morgan fingerprint density at radius 1 is 0.895 bits per heavy atom. The largest absolute Gasteiger partial charge is 0.346 e. The number of nitrogens with one attached hydrogen (secondary N) is 4. The molecule has 4 N–H and O–H groups in total. The molecule has 11 nitrogen and oxygen atoms in total. The van der Waals surface area contributed by atoms with E-state index in [-0.39, 0.29) is 36.0 Å². The standard InChI is InChI=1S/C26H50N6O5S/c1-18(19(34)17-33)28-21(35)12-10-11-14-31(8)23(36)22(26(5,6)7)30-24(37)29-20(25(2,3)4)16-27-13-15-32(9)38/h17-18,20,22,27,38H,10-16H2,1-9H3,(H,28,35)(H2,29,30,37). The number of ketones is 1. The summed E-state index contributed by atoms with van der Waals surface area (Å²) < 4.78 is 1.78. The van der Waals surface area contributed by atoms with Crippen LogP contribution in [0.15, 0.2) is 0 Å². The molecular formula is C26H50N6O5S. The van der Waals surface area contributed by atoms with E-state index in [1.807, 2.05) is 48.6 Å². The Morgan fingerprint density at radius 3 is 2.00 bits per heavy atom. The number of unbranched alkanes of at least 4 members (excludes halogenated alkanes) is 1. The molecule has 0 saturated heterocycles. The maximum absolute atomic E-state index is 13.3. The number of aldehydes is 1. The second-order valence-corrected chi connectivity index (χ2v) is 12.6. The van der Waals surface area contributed by atoms with Crippen LogP contribution in [0.4, 0.5) is 4.79 Å². The summed E-state index contributed by atoms with van der Waals surface area (Å²) in [4.78, 5) is 61.6. The summed E-state index contributed by atoms with van der Waals surface area (Å²) in [5, 5.41) is 11.7. The molecule has 0 bridgehead atoms. The molecule has 12 heteroatoms. The first-order valence-electron chi connectivity index (χ1n) is 13.1. The van der Waals surface area contributed by atoms with Gasteiger partial charge in [-0.1, -0.05) is 54.4 Å². The average molecular weight is 559 g/mol. The normalized spacial score (nSPS) is 14.3. The predicted molar refractivity (Wildman–Crippen MR) is 153 cm³/mol. The van der Waals surface area contributed by atoms with Gasteiger partial charge in [0.15, 0.2) is 6.29 Å². The molecule has 0 aliphatic carbocycles. The van der Waals surface area contributed by atoms with Crippen LogP contribution in [-0.2, 0) is 19.2 Å². The smallest absolute Gasteiger partial charge is 0.315 e. The lowest BCUT2D eigenvalue weighted by molar-refractivity contribution is -0.134. The number of hydrogen-bond donors (Lipinski definition) is 5. The van der Waals surface area contributed by atoms with Crippen LogP contribution in [0.25, 0.3) is 0 Å². The van der Waals surface area contributed by atoms with Crippen molar-refractivity contribution in [1.29, 1.82) is 0 Å². The van der Waals surface area contributed by atoms with Gasteiger partial charge in [0, 0.05) is 45.7 Å². The van der Waals surface area contributed by atoms with E-state index in [4.69, 9.17) is 0 Å². The summed E-state index contributed by atoms with van der Waals surface area (Å²) in [5.74, 6) is -1.22. The lowest BCUT2D eigenvalue weighted by Gasteiger charge is -2.36. The Labute approximate surface area is 234 Å². The van der Waals surface area contributed by atoms with Crippen molar-refractivity contribution in [3.63, 3.8) is 0 Å². The SMILES string of the molecule is CC(NC(=O)CCCCN(C)C(=O)C(NC(=O)NC(CNCCN(C)S)C(C)(C)C)C(C)(C)C)C(=O)C=O. The first kappa shape index (κ1) is 35.8. The van der Waals surface area contributed by atoms with Gasteiger partial charge >= 0.3 is 6.03 Å². The van der Waals surface area contributed by atoms with Gasteiger partial charge in [-0.2, -0.15) is 0 Å². The number of rotatable bonds is 16. The van der Waals surface area contributed by atoms with Crippen molar-refractivity contribution < 1.29 is 24.0 Å². The van der Waals surface area contributed by atoms with E-state index in [1.165, 1.54) is 6.92 Å². The van der Waals surface area contributed by atoms with E-state index in [9.17, 15) is 24.0 Å². The predicted octanol–water partition coefficient (Wildman–Crippen LogP) is 1.38. The first-order chi connectivity index (χ1) is 17.4. The van der Waals surface area contributed by atoms with Gasteiger partial charge in [-0.15, -0.1) is 0 Å². The molecule has 0 radical (unpaired) electrons. The lowest BCUT2D eigenvalue weighted by Crippen LogP contribution is -2.59. The van der Waals surface area contributed by atoms with Crippen LogP contribution >= 0.6 is 12.8 Å². The van der Waals surface area contributed by atoms with E-state index in [0.29, 0.717) is 25.9 Å². The number of amides is 4. The fraction of sp³-hybridized carbons (Fsp3) is 0.808. The highest BCUT2D eigenvalue weighted by Crippen LogP contribution is 2.22. The molecule has 3 atom stereocenters. The van der Waals surface area contributed by atoms with Crippen LogP contribution in [0.2, 0.25) is 0 Å². The zero-order valence-electron chi connectivity index (χ0n) is 24.6. The van der Waals surface area contributed by atoms with Crippen molar-refractivity contribution in [2.24, 2.45) is 10.8 Å². The molecule has 0 saturated carbocycles. The molecule has 0 aliphatic heterocycles. The van der Waals surface area contributed by atoms with E-state index in [2.05, 4.69) is 34.1 Å². The highest BCUT2D eigenvalue weighted by molar-refractivity contribution is 7.77. The summed E-state index contributed by atoms with van der Waals surface area (Å²) in [6, 6.07) is -2.18. The summed E-state index contributed by atoms with van der Waals surface area (Å²) in [7, 11) is 3.54. The van der Waals surface area contributed by atoms with Crippen molar-refractivity contribution in [2.45, 2.75) is 85.9 Å². The van der Waals surface area contributed by atoms with E-state index in [1.54, 1.807) is 16.3 Å². The summed E-state index contributed by atoms with van der Waals surface area (Å²) in [6.07, 6.45) is 1.43. The Bertz CT molecular complexity index is 794. The molecule has 0 heterocycles. The van der Waals surface area contributed by atoms with Crippen molar-refractivity contribution in [3.05, 3.63) is 0 Å².